The molecule has 0 unspecified atom stereocenters. The van der Waals surface area contributed by atoms with E-state index in [0.29, 0.717) is 23.4 Å². The Hall–Kier alpha value is -1.52. The van der Waals surface area contributed by atoms with E-state index in [1.807, 2.05) is 13.8 Å². The number of aromatic nitrogens is 2. The van der Waals surface area contributed by atoms with Crippen LogP contribution in [0.4, 0.5) is 11.5 Å². The summed E-state index contributed by atoms with van der Waals surface area (Å²) < 4.78 is 5.56. The molecule has 0 bridgehead atoms. The second-order valence-electron chi connectivity index (χ2n) is 5.09. The van der Waals surface area contributed by atoms with Crippen LogP contribution in [0.15, 0.2) is 6.33 Å². The number of rotatable bonds is 4. The monoisotopic (exact) mass is 250 g/mol. The van der Waals surface area contributed by atoms with Crippen LogP contribution < -0.4 is 15.8 Å². The molecular formula is C13H22N4O. The number of nitrogens with zero attached hydrogens (tertiary/aromatic N) is 2. The van der Waals surface area contributed by atoms with Crippen molar-refractivity contribution in [1.82, 2.24) is 9.97 Å². The van der Waals surface area contributed by atoms with Gasteiger partial charge >= 0.3 is 0 Å². The van der Waals surface area contributed by atoms with Crippen LogP contribution in [0.2, 0.25) is 0 Å². The summed E-state index contributed by atoms with van der Waals surface area (Å²) in [6, 6.07) is 0.475. The molecule has 0 aliphatic heterocycles. The molecule has 3 N–H and O–H groups in total. The summed E-state index contributed by atoms with van der Waals surface area (Å²) in [6.45, 7) is 3.91. The van der Waals surface area contributed by atoms with Gasteiger partial charge in [0, 0.05) is 6.04 Å². The van der Waals surface area contributed by atoms with E-state index in [1.165, 1.54) is 38.4 Å². The Morgan fingerprint density at radius 1 is 1.28 bits per heavy atom. The van der Waals surface area contributed by atoms with Gasteiger partial charge in [-0.1, -0.05) is 19.3 Å². The minimum Gasteiger partial charge on any atom is -0.473 e. The van der Waals surface area contributed by atoms with Crippen LogP contribution in [-0.2, 0) is 0 Å². The Balaban J connectivity index is 2.07. The van der Waals surface area contributed by atoms with Crippen molar-refractivity contribution in [2.24, 2.45) is 0 Å². The second-order valence-corrected chi connectivity index (χ2v) is 5.09. The quantitative estimate of drug-likeness (QED) is 0.859. The second kappa shape index (κ2) is 5.89. The fraction of sp³-hybridized carbons (Fsp3) is 0.692. The van der Waals surface area contributed by atoms with Crippen LogP contribution in [0.1, 0.15) is 46.0 Å². The van der Waals surface area contributed by atoms with Crippen molar-refractivity contribution in [2.75, 3.05) is 11.1 Å². The van der Waals surface area contributed by atoms with Crippen molar-refractivity contribution in [2.45, 2.75) is 58.1 Å². The zero-order valence-corrected chi connectivity index (χ0v) is 11.1. The molecule has 0 atom stereocenters. The Morgan fingerprint density at radius 3 is 2.67 bits per heavy atom. The molecule has 1 saturated carbocycles. The van der Waals surface area contributed by atoms with Gasteiger partial charge in [0.1, 0.15) is 12.0 Å². The van der Waals surface area contributed by atoms with Crippen LogP contribution in [0.5, 0.6) is 5.88 Å². The van der Waals surface area contributed by atoms with E-state index in [-0.39, 0.29) is 6.10 Å². The number of nitrogens with two attached hydrogens (primary N) is 1. The van der Waals surface area contributed by atoms with Gasteiger partial charge in [-0.2, -0.15) is 4.98 Å². The predicted octanol–water partition coefficient (Wildman–Crippen LogP) is 2.59. The van der Waals surface area contributed by atoms with Crippen LogP contribution in [0.3, 0.4) is 0 Å². The van der Waals surface area contributed by atoms with E-state index in [0.717, 1.165) is 0 Å². The maximum absolute atomic E-state index is 6.04. The van der Waals surface area contributed by atoms with E-state index in [4.69, 9.17) is 10.5 Å². The smallest absolute Gasteiger partial charge is 0.242 e. The van der Waals surface area contributed by atoms with Crippen LogP contribution in [0.25, 0.3) is 0 Å². The first-order valence-corrected chi connectivity index (χ1v) is 6.70. The predicted molar refractivity (Wildman–Crippen MR) is 72.7 cm³/mol. The molecule has 0 saturated heterocycles. The molecule has 1 aliphatic rings. The number of nitrogens with one attached hydrogen (secondary N) is 1. The molecule has 5 nitrogen and oxygen atoms in total. The molecule has 1 heterocycles. The summed E-state index contributed by atoms with van der Waals surface area (Å²) in [6.07, 6.45) is 7.81. The van der Waals surface area contributed by atoms with Gasteiger partial charge in [-0.15, -0.1) is 0 Å². The number of hydrogen-bond donors (Lipinski definition) is 2. The van der Waals surface area contributed by atoms with E-state index < -0.39 is 0 Å². The highest BCUT2D eigenvalue weighted by atomic mass is 16.5. The Labute approximate surface area is 108 Å². The van der Waals surface area contributed by atoms with Crippen molar-refractivity contribution < 1.29 is 4.74 Å². The van der Waals surface area contributed by atoms with Gasteiger partial charge in [0.05, 0.1) is 6.10 Å². The van der Waals surface area contributed by atoms with Gasteiger partial charge in [-0.3, -0.25) is 0 Å². The van der Waals surface area contributed by atoms with Crippen molar-refractivity contribution in [1.29, 1.82) is 0 Å². The lowest BCUT2D eigenvalue weighted by atomic mass is 9.95. The lowest BCUT2D eigenvalue weighted by Crippen LogP contribution is -2.24. The van der Waals surface area contributed by atoms with Crippen LogP contribution in [-0.4, -0.2) is 22.1 Å². The van der Waals surface area contributed by atoms with E-state index in [1.54, 1.807) is 0 Å². The zero-order valence-electron chi connectivity index (χ0n) is 11.1. The van der Waals surface area contributed by atoms with Gasteiger partial charge in [0.15, 0.2) is 5.82 Å². The summed E-state index contributed by atoms with van der Waals surface area (Å²) in [7, 11) is 0. The molecule has 0 radical (unpaired) electrons. The SMILES string of the molecule is CC(C)Oc1ncnc(NC2CCCCC2)c1N. The third-order valence-corrected chi connectivity index (χ3v) is 3.14. The first-order valence-electron chi connectivity index (χ1n) is 6.70. The molecule has 5 heteroatoms. The highest BCUT2D eigenvalue weighted by molar-refractivity contribution is 5.66. The largest absolute Gasteiger partial charge is 0.473 e. The lowest BCUT2D eigenvalue weighted by molar-refractivity contribution is 0.234. The number of anilines is 2. The minimum atomic E-state index is 0.0599. The average molecular weight is 250 g/mol. The molecule has 0 amide bonds. The summed E-state index contributed by atoms with van der Waals surface area (Å²) in [5.74, 6) is 1.17. The molecular weight excluding hydrogens is 228 g/mol. The highest BCUT2D eigenvalue weighted by Crippen LogP contribution is 2.28. The van der Waals surface area contributed by atoms with Crippen molar-refractivity contribution >= 4 is 11.5 Å². The number of ether oxygens (including phenoxy) is 1. The third-order valence-electron chi connectivity index (χ3n) is 3.14. The maximum atomic E-state index is 6.04. The van der Waals surface area contributed by atoms with Crippen molar-refractivity contribution in [3.8, 4) is 5.88 Å². The summed E-state index contributed by atoms with van der Waals surface area (Å²) in [5.41, 5.74) is 6.55. The first kappa shape index (κ1) is 12.9. The first-order chi connectivity index (χ1) is 8.66. The number of nitrogen functional groups attached to an aromatic ring is 1. The molecule has 18 heavy (non-hydrogen) atoms. The average Bonchev–Trinajstić information content (AvgIpc) is 2.35. The Bertz CT molecular complexity index is 389. The molecule has 1 fully saturated rings. The fourth-order valence-electron chi connectivity index (χ4n) is 2.25. The topological polar surface area (TPSA) is 73.1 Å². The molecule has 0 aromatic carbocycles. The van der Waals surface area contributed by atoms with E-state index in [2.05, 4.69) is 15.3 Å². The van der Waals surface area contributed by atoms with Crippen molar-refractivity contribution in [3.05, 3.63) is 6.33 Å². The van der Waals surface area contributed by atoms with E-state index in [9.17, 15) is 0 Å². The highest BCUT2D eigenvalue weighted by Gasteiger charge is 2.17. The van der Waals surface area contributed by atoms with Crippen molar-refractivity contribution in [3.63, 3.8) is 0 Å². The summed E-state index contributed by atoms with van der Waals surface area (Å²) in [5, 5.41) is 3.41. The van der Waals surface area contributed by atoms with Gasteiger partial charge in [0.2, 0.25) is 5.88 Å². The van der Waals surface area contributed by atoms with E-state index >= 15 is 0 Å². The molecule has 0 spiro atoms. The molecule has 1 aliphatic carbocycles. The van der Waals surface area contributed by atoms with Gasteiger partial charge in [-0.05, 0) is 26.7 Å². The third kappa shape index (κ3) is 3.24. The Morgan fingerprint density at radius 2 is 2.00 bits per heavy atom. The van der Waals surface area contributed by atoms with Gasteiger partial charge in [0.25, 0.3) is 0 Å². The standard InChI is InChI=1S/C13H22N4O/c1-9(2)18-13-11(14)12(15-8-16-13)17-10-6-4-3-5-7-10/h8-10H,3-7,14H2,1-2H3,(H,15,16,17). The molecule has 100 valence electrons. The zero-order chi connectivity index (χ0) is 13.0. The minimum absolute atomic E-state index is 0.0599. The molecule has 2 rings (SSSR count). The summed E-state index contributed by atoms with van der Waals surface area (Å²) in [4.78, 5) is 8.29. The fourth-order valence-corrected chi connectivity index (χ4v) is 2.25. The number of hydrogen-bond acceptors (Lipinski definition) is 5. The Kier molecular flexibility index (Phi) is 4.23. The van der Waals surface area contributed by atoms with Gasteiger partial charge in [-0.25, -0.2) is 4.98 Å². The van der Waals surface area contributed by atoms with Crippen LogP contribution in [0, 0.1) is 0 Å². The van der Waals surface area contributed by atoms with Crippen LogP contribution >= 0.6 is 0 Å². The summed E-state index contributed by atoms with van der Waals surface area (Å²) >= 11 is 0. The molecule has 1 aromatic heterocycles. The van der Waals surface area contributed by atoms with Gasteiger partial charge < -0.3 is 15.8 Å². The maximum Gasteiger partial charge on any atom is 0.242 e. The normalized spacial score (nSPS) is 16.8. The lowest BCUT2D eigenvalue weighted by Gasteiger charge is -2.24. The molecule has 1 aromatic rings.